The molecule has 1 saturated heterocycles. The quantitative estimate of drug-likeness (QED) is 0.375. The van der Waals surface area contributed by atoms with Gasteiger partial charge in [0.15, 0.2) is 5.96 Å². The third-order valence-electron chi connectivity index (χ3n) is 6.53. The number of nitrogens with one attached hydrogen (secondary N) is 1. The smallest absolute Gasteiger partial charge is 0.382 e. The number of aliphatic imine (C=N–C) groups is 1. The molecule has 8 heteroatoms. The van der Waals surface area contributed by atoms with Crippen molar-refractivity contribution in [1.82, 2.24) is 10.2 Å². The Labute approximate surface area is 183 Å². The minimum Gasteiger partial charge on any atom is -0.382 e. The van der Waals surface area contributed by atoms with Crippen molar-refractivity contribution in [3.63, 3.8) is 0 Å². The number of hydrogen-bond donors (Lipinski definition) is 1. The second-order valence-corrected chi connectivity index (χ2v) is 8.64. The van der Waals surface area contributed by atoms with Crippen molar-refractivity contribution in [2.45, 2.75) is 43.7 Å². The highest BCUT2D eigenvalue weighted by molar-refractivity contribution is 5.80. The Morgan fingerprint density at radius 1 is 1.26 bits per heavy atom. The van der Waals surface area contributed by atoms with Crippen molar-refractivity contribution in [1.29, 1.82) is 0 Å². The molecule has 0 radical (unpaired) electrons. The molecule has 1 heterocycles. The molecule has 3 rings (SSSR count). The lowest BCUT2D eigenvalue weighted by Crippen LogP contribution is -2.46. The maximum Gasteiger partial charge on any atom is 0.416 e. The average molecular weight is 442 g/mol. The molecule has 1 saturated carbocycles. The lowest BCUT2D eigenvalue weighted by Gasteiger charge is -2.33. The molecule has 0 spiro atoms. The molecule has 1 aromatic rings. The van der Waals surface area contributed by atoms with E-state index in [0.29, 0.717) is 32.3 Å². The summed E-state index contributed by atoms with van der Waals surface area (Å²) < 4.78 is 50.5. The molecule has 1 atom stereocenters. The zero-order valence-electron chi connectivity index (χ0n) is 18.5. The summed E-state index contributed by atoms with van der Waals surface area (Å²) in [6.07, 6.45) is 0.534. The molecule has 0 aromatic heterocycles. The van der Waals surface area contributed by atoms with E-state index in [9.17, 15) is 13.2 Å². The van der Waals surface area contributed by atoms with Gasteiger partial charge in [-0.05, 0) is 30.9 Å². The fourth-order valence-electron chi connectivity index (χ4n) is 4.78. The third-order valence-corrected chi connectivity index (χ3v) is 6.53. The van der Waals surface area contributed by atoms with Crippen LogP contribution in [0.4, 0.5) is 13.2 Å². The summed E-state index contributed by atoms with van der Waals surface area (Å²) >= 11 is 0. The van der Waals surface area contributed by atoms with Crippen molar-refractivity contribution in [2.24, 2.45) is 10.9 Å². The van der Waals surface area contributed by atoms with Crippen LogP contribution < -0.4 is 5.32 Å². The Morgan fingerprint density at radius 2 is 2.03 bits per heavy atom. The highest BCUT2D eigenvalue weighted by atomic mass is 19.4. The first-order valence-electron chi connectivity index (χ1n) is 11.1. The molecule has 1 aromatic carbocycles. The van der Waals surface area contributed by atoms with Crippen LogP contribution in [0, 0.1) is 5.92 Å². The van der Waals surface area contributed by atoms with Crippen LogP contribution in [0.3, 0.4) is 0 Å². The molecule has 174 valence electrons. The Morgan fingerprint density at radius 3 is 2.71 bits per heavy atom. The van der Waals surface area contributed by atoms with Crippen LogP contribution in [0.1, 0.15) is 43.2 Å². The van der Waals surface area contributed by atoms with E-state index in [1.165, 1.54) is 12.1 Å². The topological polar surface area (TPSA) is 46.1 Å². The molecule has 2 aliphatic rings. The summed E-state index contributed by atoms with van der Waals surface area (Å²) in [5.41, 5.74) is -0.0929. The molecule has 1 N–H and O–H groups in total. The average Bonchev–Trinajstić information content (AvgIpc) is 3.42. The predicted molar refractivity (Wildman–Crippen MR) is 115 cm³/mol. The van der Waals surface area contributed by atoms with Crippen molar-refractivity contribution in [2.75, 3.05) is 53.6 Å². The SMILES string of the molecule is CN=C(NCC1(c2cccc(C(F)(F)F)c2)CCCC1)N1CCC(COCCOC)C1. The zero-order valence-corrected chi connectivity index (χ0v) is 18.5. The minimum absolute atomic E-state index is 0.292. The first-order valence-corrected chi connectivity index (χ1v) is 11.1. The van der Waals surface area contributed by atoms with E-state index in [0.717, 1.165) is 62.8 Å². The maximum atomic E-state index is 13.3. The molecule has 31 heavy (non-hydrogen) atoms. The van der Waals surface area contributed by atoms with Gasteiger partial charge in [-0.2, -0.15) is 13.2 Å². The normalized spacial score (nSPS) is 21.6. The van der Waals surface area contributed by atoms with Gasteiger partial charge in [-0.3, -0.25) is 4.99 Å². The monoisotopic (exact) mass is 441 g/mol. The number of nitrogens with zero attached hydrogens (tertiary/aromatic N) is 2. The van der Waals surface area contributed by atoms with Gasteiger partial charge >= 0.3 is 6.18 Å². The van der Waals surface area contributed by atoms with E-state index in [-0.39, 0.29) is 5.41 Å². The summed E-state index contributed by atoms with van der Waals surface area (Å²) in [6, 6.07) is 5.85. The molecule has 1 aliphatic heterocycles. The molecule has 1 unspecified atom stereocenters. The summed E-state index contributed by atoms with van der Waals surface area (Å²) in [5.74, 6) is 1.26. The molecule has 0 bridgehead atoms. The van der Waals surface area contributed by atoms with Crippen molar-refractivity contribution in [3.8, 4) is 0 Å². The van der Waals surface area contributed by atoms with Gasteiger partial charge in [-0.1, -0.05) is 31.0 Å². The van der Waals surface area contributed by atoms with Gasteiger partial charge in [0.1, 0.15) is 0 Å². The number of likely N-dealkylation sites (tertiary alicyclic amines) is 1. The Bertz CT molecular complexity index is 733. The van der Waals surface area contributed by atoms with Gasteiger partial charge in [0.05, 0.1) is 25.4 Å². The largest absolute Gasteiger partial charge is 0.416 e. The number of alkyl halides is 3. The summed E-state index contributed by atoms with van der Waals surface area (Å²) in [7, 11) is 3.42. The van der Waals surface area contributed by atoms with Gasteiger partial charge in [-0.15, -0.1) is 0 Å². The lowest BCUT2D eigenvalue weighted by atomic mass is 9.78. The van der Waals surface area contributed by atoms with Crippen LogP contribution >= 0.6 is 0 Å². The summed E-state index contributed by atoms with van der Waals surface area (Å²) in [6.45, 7) is 4.24. The van der Waals surface area contributed by atoms with Gasteiger partial charge in [0.2, 0.25) is 0 Å². The number of hydrogen-bond acceptors (Lipinski definition) is 3. The Kier molecular flexibility index (Phi) is 8.22. The zero-order chi connectivity index (χ0) is 22.3. The number of benzene rings is 1. The van der Waals surface area contributed by atoms with Gasteiger partial charge in [0, 0.05) is 45.1 Å². The van der Waals surface area contributed by atoms with Gasteiger partial charge in [-0.25, -0.2) is 0 Å². The minimum atomic E-state index is -4.32. The van der Waals surface area contributed by atoms with E-state index in [1.54, 1.807) is 14.2 Å². The second kappa shape index (κ2) is 10.7. The number of guanidine groups is 1. The predicted octanol–water partition coefficient (Wildman–Crippen LogP) is 4.08. The van der Waals surface area contributed by atoms with Crippen molar-refractivity contribution < 1.29 is 22.6 Å². The van der Waals surface area contributed by atoms with Crippen LogP contribution in [-0.2, 0) is 21.1 Å². The number of rotatable bonds is 8. The van der Waals surface area contributed by atoms with Crippen LogP contribution in [0.2, 0.25) is 0 Å². The fourth-order valence-corrected chi connectivity index (χ4v) is 4.78. The standard InChI is InChI=1S/C23H34F3N3O2/c1-27-21(29-11-8-18(15-29)16-31-13-12-30-2)28-17-22(9-3-4-10-22)19-6-5-7-20(14-19)23(24,25)26/h5-7,14,18H,3-4,8-13,15-17H2,1-2H3,(H,27,28). The van der Waals surface area contributed by atoms with Gasteiger partial charge < -0.3 is 19.7 Å². The van der Waals surface area contributed by atoms with E-state index in [1.807, 2.05) is 6.07 Å². The molecule has 5 nitrogen and oxygen atoms in total. The molecular formula is C23H34F3N3O2. The van der Waals surface area contributed by atoms with E-state index < -0.39 is 11.7 Å². The van der Waals surface area contributed by atoms with Crippen LogP contribution in [-0.4, -0.2) is 64.5 Å². The Hall–Kier alpha value is -1.80. The van der Waals surface area contributed by atoms with Crippen LogP contribution in [0.25, 0.3) is 0 Å². The number of methoxy groups -OCH3 is 1. The third kappa shape index (κ3) is 6.13. The van der Waals surface area contributed by atoms with E-state index >= 15 is 0 Å². The van der Waals surface area contributed by atoms with Gasteiger partial charge in [0.25, 0.3) is 0 Å². The molecule has 2 fully saturated rings. The maximum absolute atomic E-state index is 13.3. The van der Waals surface area contributed by atoms with Crippen LogP contribution in [0.5, 0.6) is 0 Å². The first kappa shape index (κ1) is 23.9. The molecule has 0 amide bonds. The second-order valence-electron chi connectivity index (χ2n) is 8.64. The summed E-state index contributed by atoms with van der Waals surface area (Å²) in [4.78, 5) is 6.67. The number of halogens is 3. The first-order chi connectivity index (χ1) is 14.9. The highest BCUT2D eigenvalue weighted by Crippen LogP contribution is 2.42. The molecular weight excluding hydrogens is 407 g/mol. The van der Waals surface area contributed by atoms with Crippen molar-refractivity contribution >= 4 is 5.96 Å². The Balaban J connectivity index is 1.62. The van der Waals surface area contributed by atoms with Crippen molar-refractivity contribution in [3.05, 3.63) is 35.4 Å². The van der Waals surface area contributed by atoms with E-state index in [2.05, 4.69) is 15.2 Å². The highest BCUT2D eigenvalue weighted by Gasteiger charge is 2.38. The van der Waals surface area contributed by atoms with Crippen LogP contribution in [0.15, 0.2) is 29.3 Å². The van der Waals surface area contributed by atoms with E-state index in [4.69, 9.17) is 9.47 Å². The number of ether oxygens (including phenoxy) is 2. The summed E-state index contributed by atoms with van der Waals surface area (Å²) in [5, 5.41) is 3.48. The molecule has 1 aliphatic carbocycles. The fraction of sp³-hybridized carbons (Fsp3) is 0.696. The lowest BCUT2D eigenvalue weighted by molar-refractivity contribution is -0.137.